The van der Waals surface area contributed by atoms with Crippen molar-refractivity contribution in [1.29, 1.82) is 0 Å². The average molecular weight is 406 g/mol. The molecule has 5 heteroatoms. The van der Waals surface area contributed by atoms with E-state index in [4.69, 9.17) is 21.1 Å². The summed E-state index contributed by atoms with van der Waals surface area (Å²) in [5.41, 5.74) is 2.61. The fourth-order valence-electron chi connectivity index (χ4n) is 3.28. The molecule has 1 aromatic heterocycles. The zero-order valence-corrected chi connectivity index (χ0v) is 16.9. The van der Waals surface area contributed by atoms with E-state index in [-0.39, 0.29) is 11.9 Å². The molecule has 1 heterocycles. The van der Waals surface area contributed by atoms with E-state index >= 15 is 0 Å². The van der Waals surface area contributed by atoms with Gasteiger partial charge < -0.3 is 9.47 Å². The third-order valence-electron chi connectivity index (χ3n) is 4.99. The van der Waals surface area contributed by atoms with Gasteiger partial charge in [0.2, 0.25) is 0 Å². The first-order valence-electron chi connectivity index (χ1n) is 9.33. The minimum atomic E-state index is -0.298. The number of aromatic nitrogens is 1. The van der Waals surface area contributed by atoms with Gasteiger partial charge in [-0.25, -0.2) is 4.98 Å². The van der Waals surface area contributed by atoms with Crippen molar-refractivity contribution in [2.45, 2.75) is 19.4 Å². The summed E-state index contributed by atoms with van der Waals surface area (Å²) >= 11 is 6.06. The second kappa shape index (κ2) is 8.10. The van der Waals surface area contributed by atoms with Crippen LogP contribution >= 0.6 is 11.6 Å². The van der Waals surface area contributed by atoms with Gasteiger partial charge in [-0.3, -0.25) is 4.79 Å². The van der Waals surface area contributed by atoms with Gasteiger partial charge in [0.1, 0.15) is 12.4 Å². The number of esters is 1. The van der Waals surface area contributed by atoms with Gasteiger partial charge in [-0.15, -0.1) is 0 Å². The molecule has 1 unspecified atom stereocenters. The zero-order chi connectivity index (χ0) is 20.4. The lowest BCUT2D eigenvalue weighted by molar-refractivity contribution is -0.141. The Hall–Kier alpha value is -3.11. The molecule has 0 aliphatic carbocycles. The number of hydrogen-bond donors (Lipinski definition) is 0. The van der Waals surface area contributed by atoms with Gasteiger partial charge in [0, 0.05) is 10.4 Å². The smallest absolute Gasteiger partial charge is 0.312 e. The third kappa shape index (κ3) is 4.17. The highest BCUT2D eigenvalue weighted by Crippen LogP contribution is 2.26. The third-order valence-corrected chi connectivity index (χ3v) is 5.22. The van der Waals surface area contributed by atoms with Crippen LogP contribution < -0.4 is 4.74 Å². The lowest BCUT2D eigenvalue weighted by atomic mass is 9.98. The van der Waals surface area contributed by atoms with Crippen LogP contribution in [0.2, 0.25) is 5.02 Å². The molecule has 4 aromatic rings. The highest BCUT2D eigenvalue weighted by Gasteiger charge is 2.15. The number of hydrogen-bond acceptors (Lipinski definition) is 4. The van der Waals surface area contributed by atoms with Crippen molar-refractivity contribution in [2.24, 2.45) is 0 Å². The van der Waals surface area contributed by atoms with Gasteiger partial charge in [-0.1, -0.05) is 48.0 Å². The van der Waals surface area contributed by atoms with Crippen LogP contribution in [-0.4, -0.2) is 18.1 Å². The Bertz CT molecular complexity index is 1210. The monoisotopic (exact) mass is 405 g/mol. The first kappa shape index (κ1) is 19.2. The van der Waals surface area contributed by atoms with Crippen molar-refractivity contribution in [3.63, 3.8) is 0 Å². The molecular weight excluding hydrogens is 386 g/mol. The molecule has 0 amide bonds. The van der Waals surface area contributed by atoms with Crippen molar-refractivity contribution in [3.05, 3.63) is 83.0 Å². The predicted molar refractivity (Wildman–Crippen MR) is 115 cm³/mol. The maximum absolute atomic E-state index is 11.8. The lowest BCUT2D eigenvalue weighted by Crippen LogP contribution is -2.10. The van der Waals surface area contributed by atoms with Gasteiger partial charge >= 0.3 is 5.97 Å². The molecule has 4 nitrogen and oxygen atoms in total. The minimum Gasteiger partial charge on any atom is -0.487 e. The van der Waals surface area contributed by atoms with Crippen LogP contribution in [0.1, 0.15) is 24.1 Å². The Morgan fingerprint density at radius 1 is 0.966 bits per heavy atom. The second-order valence-electron chi connectivity index (χ2n) is 6.94. The fourth-order valence-corrected chi connectivity index (χ4v) is 3.45. The van der Waals surface area contributed by atoms with Gasteiger partial charge in [0.15, 0.2) is 0 Å². The second-order valence-corrected chi connectivity index (χ2v) is 7.38. The van der Waals surface area contributed by atoms with E-state index in [0.29, 0.717) is 11.6 Å². The summed E-state index contributed by atoms with van der Waals surface area (Å²) in [6.45, 7) is 2.21. The van der Waals surface area contributed by atoms with Gasteiger partial charge in [0.25, 0.3) is 0 Å². The summed E-state index contributed by atoms with van der Waals surface area (Å²) in [7, 11) is 1.41. The van der Waals surface area contributed by atoms with Crippen molar-refractivity contribution in [1.82, 2.24) is 4.98 Å². The van der Waals surface area contributed by atoms with Crippen LogP contribution in [0.15, 0.2) is 66.7 Å². The summed E-state index contributed by atoms with van der Waals surface area (Å²) in [6, 6.07) is 21.5. The fraction of sp³-hybridized carbons (Fsp3) is 0.167. The number of fused-ring (bicyclic) bond motifs is 2. The van der Waals surface area contributed by atoms with Crippen LogP contribution in [0, 0.1) is 0 Å². The van der Waals surface area contributed by atoms with E-state index in [1.807, 2.05) is 73.7 Å². The molecule has 0 bridgehead atoms. The number of methoxy groups -OCH3 is 1. The summed E-state index contributed by atoms with van der Waals surface area (Å²) in [4.78, 5) is 16.4. The van der Waals surface area contributed by atoms with Crippen molar-refractivity contribution in [2.75, 3.05) is 7.11 Å². The molecule has 146 valence electrons. The molecule has 29 heavy (non-hydrogen) atoms. The number of ether oxygens (including phenoxy) is 2. The number of halogens is 1. The Morgan fingerprint density at radius 3 is 2.52 bits per heavy atom. The van der Waals surface area contributed by atoms with Gasteiger partial charge in [-0.05, 0) is 53.6 Å². The van der Waals surface area contributed by atoms with E-state index in [0.717, 1.165) is 38.7 Å². The molecular formula is C24H20ClNO3. The van der Waals surface area contributed by atoms with Gasteiger partial charge in [0.05, 0.1) is 24.2 Å². The molecule has 0 saturated carbocycles. The van der Waals surface area contributed by atoms with Crippen molar-refractivity contribution < 1.29 is 14.3 Å². The Morgan fingerprint density at radius 2 is 1.69 bits per heavy atom. The minimum absolute atomic E-state index is 0.242. The largest absolute Gasteiger partial charge is 0.487 e. The maximum atomic E-state index is 11.8. The highest BCUT2D eigenvalue weighted by molar-refractivity contribution is 6.31. The molecule has 0 fully saturated rings. The average Bonchev–Trinajstić information content (AvgIpc) is 2.75. The van der Waals surface area contributed by atoms with Crippen LogP contribution in [0.25, 0.3) is 21.7 Å². The molecule has 1 atom stereocenters. The maximum Gasteiger partial charge on any atom is 0.312 e. The number of pyridine rings is 1. The summed E-state index contributed by atoms with van der Waals surface area (Å²) in [6.07, 6.45) is 0. The Labute approximate surface area is 174 Å². The quantitative estimate of drug-likeness (QED) is 0.388. The van der Waals surface area contributed by atoms with E-state index in [1.165, 1.54) is 7.11 Å². The Kier molecular flexibility index (Phi) is 5.36. The molecule has 0 spiro atoms. The molecule has 0 N–H and O–H groups in total. The first-order chi connectivity index (χ1) is 14.0. The van der Waals surface area contributed by atoms with E-state index < -0.39 is 0 Å². The molecule has 0 radical (unpaired) electrons. The van der Waals surface area contributed by atoms with E-state index in [2.05, 4.69) is 4.98 Å². The Balaban J connectivity index is 1.52. The standard InChI is InChI=1S/C24H20ClNO3/c1-15(24(27)28-2)17-3-4-19-12-22(10-7-18(19)11-17)29-14-21-9-6-16-5-8-20(25)13-23(16)26-21/h3-13,15H,14H2,1-2H3. The predicted octanol–water partition coefficient (Wildman–Crippen LogP) is 5.90. The number of benzene rings is 3. The highest BCUT2D eigenvalue weighted by atomic mass is 35.5. The molecule has 0 saturated heterocycles. The number of carbonyl (C=O) groups is 1. The topological polar surface area (TPSA) is 48.4 Å². The molecule has 0 aliphatic heterocycles. The summed E-state index contributed by atoms with van der Waals surface area (Å²) in [5.74, 6) is 0.223. The van der Waals surface area contributed by atoms with Crippen molar-refractivity contribution >= 4 is 39.2 Å². The van der Waals surface area contributed by atoms with Gasteiger partial charge in [-0.2, -0.15) is 0 Å². The first-order valence-corrected chi connectivity index (χ1v) is 9.71. The number of carbonyl (C=O) groups excluding carboxylic acids is 1. The van der Waals surface area contributed by atoms with E-state index in [1.54, 1.807) is 0 Å². The van der Waals surface area contributed by atoms with Crippen LogP contribution in [0.3, 0.4) is 0 Å². The van der Waals surface area contributed by atoms with Crippen LogP contribution in [-0.2, 0) is 16.1 Å². The molecule has 4 rings (SSSR count). The normalized spacial score (nSPS) is 12.1. The van der Waals surface area contributed by atoms with E-state index in [9.17, 15) is 4.79 Å². The number of nitrogens with zero attached hydrogens (tertiary/aromatic N) is 1. The zero-order valence-electron chi connectivity index (χ0n) is 16.2. The van der Waals surface area contributed by atoms with Crippen molar-refractivity contribution in [3.8, 4) is 5.75 Å². The molecule has 0 aliphatic rings. The van der Waals surface area contributed by atoms with Crippen LogP contribution in [0.5, 0.6) is 5.75 Å². The lowest BCUT2D eigenvalue weighted by Gasteiger charge is -2.11. The summed E-state index contributed by atoms with van der Waals surface area (Å²) in [5, 5.41) is 3.80. The summed E-state index contributed by atoms with van der Waals surface area (Å²) < 4.78 is 10.8. The number of rotatable bonds is 5. The SMILES string of the molecule is COC(=O)C(C)c1ccc2cc(OCc3ccc4ccc(Cl)cc4n3)ccc2c1. The molecule has 3 aromatic carbocycles. The van der Waals surface area contributed by atoms with Crippen LogP contribution in [0.4, 0.5) is 0 Å².